The van der Waals surface area contributed by atoms with E-state index in [4.69, 9.17) is 9.63 Å². The summed E-state index contributed by atoms with van der Waals surface area (Å²) in [5.74, 6) is -0.384. The second kappa shape index (κ2) is 6.21. The van der Waals surface area contributed by atoms with Gasteiger partial charge in [-0.15, -0.1) is 0 Å². The Bertz CT molecular complexity index is 458. The molecule has 1 unspecified atom stereocenters. The van der Waals surface area contributed by atoms with Crippen LogP contribution in [0.5, 0.6) is 0 Å². The van der Waals surface area contributed by atoms with Crippen molar-refractivity contribution in [1.82, 2.24) is 15.8 Å². The maximum atomic E-state index is 11.5. The molecule has 0 aliphatic rings. The van der Waals surface area contributed by atoms with Gasteiger partial charge in [0, 0.05) is 12.6 Å². The Balaban J connectivity index is 2.37. The largest absolute Gasteiger partial charge is 0.481 e. The fourth-order valence-electron chi connectivity index (χ4n) is 1.36. The van der Waals surface area contributed by atoms with Gasteiger partial charge in [-0.05, 0) is 20.3 Å². The molecule has 0 aromatic carbocycles. The lowest BCUT2D eigenvalue weighted by atomic mass is 9.88. The van der Waals surface area contributed by atoms with Crippen LogP contribution in [0, 0.1) is 12.3 Å². The second-order valence-corrected chi connectivity index (χ2v) is 4.69. The number of rotatable bonds is 6. The van der Waals surface area contributed by atoms with Crippen molar-refractivity contribution in [1.29, 1.82) is 0 Å². The summed E-state index contributed by atoms with van der Waals surface area (Å²) >= 11 is 0. The molecule has 7 heteroatoms. The number of carboxylic acid groups (broad SMARTS) is 1. The van der Waals surface area contributed by atoms with Crippen LogP contribution in [0.25, 0.3) is 0 Å². The highest BCUT2D eigenvalue weighted by molar-refractivity contribution is 5.77. The molecule has 3 N–H and O–H groups in total. The van der Waals surface area contributed by atoms with Crippen LogP contribution in [0.3, 0.4) is 0 Å². The number of nitrogens with one attached hydrogen (secondary N) is 2. The third kappa shape index (κ3) is 4.27. The van der Waals surface area contributed by atoms with Gasteiger partial charge in [-0.25, -0.2) is 4.79 Å². The van der Waals surface area contributed by atoms with Gasteiger partial charge in [0.05, 0.1) is 17.7 Å². The lowest BCUT2D eigenvalue weighted by Gasteiger charge is -2.23. The highest BCUT2D eigenvalue weighted by Gasteiger charge is 2.31. The number of aromatic nitrogens is 1. The zero-order valence-electron chi connectivity index (χ0n) is 11.3. The summed E-state index contributed by atoms with van der Waals surface area (Å²) in [5.41, 5.74) is -0.221. The van der Waals surface area contributed by atoms with Crippen LogP contribution in [0.15, 0.2) is 10.6 Å². The summed E-state index contributed by atoms with van der Waals surface area (Å²) < 4.78 is 4.93. The number of aliphatic carboxylic acids is 1. The smallest absolute Gasteiger partial charge is 0.315 e. The molecule has 0 spiro atoms. The van der Waals surface area contributed by atoms with Crippen molar-refractivity contribution >= 4 is 12.0 Å². The van der Waals surface area contributed by atoms with E-state index in [0.29, 0.717) is 12.2 Å². The van der Waals surface area contributed by atoms with E-state index in [1.54, 1.807) is 26.8 Å². The lowest BCUT2D eigenvalue weighted by Crippen LogP contribution is -2.44. The molecule has 1 aromatic heterocycles. The predicted molar refractivity (Wildman–Crippen MR) is 67.5 cm³/mol. The summed E-state index contributed by atoms with van der Waals surface area (Å²) in [5, 5.41) is 17.9. The van der Waals surface area contributed by atoms with Crippen LogP contribution in [0.1, 0.15) is 31.7 Å². The van der Waals surface area contributed by atoms with Crippen molar-refractivity contribution in [3.63, 3.8) is 0 Å². The molecule has 0 bridgehead atoms. The first-order valence-corrected chi connectivity index (χ1v) is 6.04. The molecule has 106 valence electrons. The Morgan fingerprint density at radius 2 is 2.16 bits per heavy atom. The molecule has 2 amide bonds. The minimum absolute atomic E-state index is 0.0695. The van der Waals surface area contributed by atoms with Crippen LogP contribution < -0.4 is 10.6 Å². The number of carboxylic acids is 1. The second-order valence-electron chi connectivity index (χ2n) is 4.69. The molecule has 1 rings (SSSR count). The Morgan fingerprint density at radius 1 is 1.47 bits per heavy atom. The maximum Gasteiger partial charge on any atom is 0.315 e. The van der Waals surface area contributed by atoms with Crippen molar-refractivity contribution in [2.45, 2.75) is 33.7 Å². The summed E-state index contributed by atoms with van der Waals surface area (Å²) in [6, 6.07) is 1.28. The van der Waals surface area contributed by atoms with Gasteiger partial charge in [0.1, 0.15) is 0 Å². The van der Waals surface area contributed by atoms with E-state index in [9.17, 15) is 9.59 Å². The molecular weight excluding hydrogens is 250 g/mol. The number of amides is 2. The van der Waals surface area contributed by atoms with E-state index in [1.165, 1.54) is 0 Å². The zero-order chi connectivity index (χ0) is 14.5. The van der Waals surface area contributed by atoms with Gasteiger partial charge in [0.2, 0.25) is 0 Å². The van der Waals surface area contributed by atoms with Crippen molar-refractivity contribution in [3.8, 4) is 0 Å². The Hall–Kier alpha value is -2.05. The van der Waals surface area contributed by atoms with E-state index in [1.807, 2.05) is 0 Å². The lowest BCUT2D eigenvalue weighted by molar-refractivity contribution is -0.147. The van der Waals surface area contributed by atoms with Crippen LogP contribution in [0.4, 0.5) is 4.79 Å². The number of hydrogen-bond acceptors (Lipinski definition) is 4. The average molecular weight is 269 g/mol. The van der Waals surface area contributed by atoms with Gasteiger partial charge in [-0.3, -0.25) is 4.79 Å². The molecule has 1 heterocycles. The fourth-order valence-corrected chi connectivity index (χ4v) is 1.36. The molecule has 0 fully saturated rings. The molecule has 1 atom stereocenters. The van der Waals surface area contributed by atoms with E-state index in [0.717, 1.165) is 5.69 Å². The van der Waals surface area contributed by atoms with Crippen molar-refractivity contribution in [2.75, 3.05) is 6.54 Å². The molecule has 0 aliphatic carbocycles. The van der Waals surface area contributed by atoms with Crippen molar-refractivity contribution in [2.24, 2.45) is 5.41 Å². The Morgan fingerprint density at radius 3 is 2.63 bits per heavy atom. The molecule has 0 saturated heterocycles. The first kappa shape index (κ1) is 15.0. The molecule has 7 nitrogen and oxygen atoms in total. The van der Waals surface area contributed by atoms with Gasteiger partial charge in [0.15, 0.2) is 5.76 Å². The summed E-state index contributed by atoms with van der Waals surface area (Å²) in [6.45, 7) is 5.43. The highest BCUT2D eigenvalue weighted by Crippen LogP contribution is 2.19. The van der Waals surface area contributed by atoms with Gasteiger partial charge in [0.25, 0.3) is 0 Å². The van der Waals surface area contributed by atoms with Crippen LogP contribution in [0.2, 0.25) is 0 Å². The first-order chi connectivity index (χ1) is 8.87. The Labute approximate surface area is 111 Å². The van der Waals surface area contributed by atoms with Crippen LogP contribution in [-0.2, 0) is 11.3 Å². The third-order valence-corrected chi connectivity index (χ3v) is 3.04. The number of carbonyl (C=O) groups excluding carboxylic acids is 1. The quantitative estimate of drug-likeness (QED) is 0.721. The topological polar surface area (TPSA) is 104 Å². The summed E-state index contributed by atoms with van der Waals surface area (Å²) in [7, 11) is 0. The minimum atomic E-state index is -0.958. The Kier molecular flexibility index (Phi) is 4.91. The molecule has 19 heavy (non-hydrogen) atoms. The van der Waals surface area contributed by atoms with E-state index < -0.39 is 17.4 Å². The van der Waals surface area contributed by atoms with Crippen LogP contribution >= 0.6 is 0 Å². The van der Waals surface area contributed by atoms with Crippen molar-refractivity contribution < 1.29 is 19.2 Å². The molecule has 0 aliphatic heterocycles. The van der Waals surface area contributed by atoms with E-state index in [-0.39, 0.29) is 13.1 Å². The van der Waals surface area contributed by atoms with Gasteiger partial charge in [-0.1, -0.05) is 12.1 Å². The number of nitrogens with zero attached hydrogens (tertiary/aromatic N) is 1. The fraction of sp³-hybridized carbons (Fsp3) is 0.583. The summed E-state index contributed by atoms with van der Waals surface area (Å²) in [4.78, 5) is 22.6. The zero-order valence-corrected chi connectivity index (χ0v) is 11.3. The van der Waals surface area contributed by atoms with Crippen LogP contribution in [-0.4, -0.2) is 28.8 Å². The molecule has 0 radical (unpaired) electrons. The number of aryl methyl sites for hydroxylation is 1. The molecule has 1 aromatic rings. The maximum absolute atomic E-state index is 11.5. The number of urea groups is 1. The van der Waals surface area contributed by atoms with Gasteiger partial charge in [-0.2, -0.15) is 0 Å². The monoisotopic (exact) mass is 269 g/mol. The van der Waals surface area contributed by atoms with Crippen molar-refractivity contribution in [3.05, 3.63) is 17.5 Å². The normalized spacial score (nSPS) is 13.6. The molecule has 0 saturated carbocycles. The van der Waals surface area contributed by atoms with E-state index >= 15 is 0 Å². The van der Waals surface area contributed by atoms with Gasteiger partial charge >= 0.3 is 12.0 Å². The number of carbonyl (C=O) groups is 2. The predicted octanol–water partition coefficient (Wildman–Crippen LogP) is 1.28. The third-order valence-electron chi connectivity index (χ3n) is 3.04. The van der Waals surface area contributed by atoms with E-state index in [2.05, 4.69) is 15.8 Å². The average Bonchev–Trinajstić information content (AvgIpc) is 2.79. The summed E-state index contributed by atoms with van der Waals surface area (Å²) in [6.07, 6.45) is 0.434. The number of hydrogen-bond donors (Lipinski definition) is 3. The first-order valence-electron chi connectivity index (χ1n) is 6.04. The highest BCUT2D eigenvalue weighted by atomic mass is 16.5. The molecular formula is C12H19N3O4. The van der Waals surface area contributed by atoms with Gasteiger partial charge < -0.3 is 20.3 Å². The standard InChI is InChI=1S/C12H19N3O4/c1-4-12(3,10(16)17)7-14-11(18)13-6-9-5-8(2)15-19-9/h5H,4,6-7H2,1-3H3,(H,16,17)(H2,13,14,18). The SMILES string of the molecule is CCC(C)(CNC(=O)NCc1cc(C)no1)C(=O)O. The minimum Gasteiger partial charge on any atom is -0.481 e.